The Bertz CT molecular complexity index is 478. The van der Waals surface area contributed by atoms with Crippen LogP contribution in [0.5, 0.6) is 0 Å². The Kier molecular flexibility index (Phi) is 5.03. The molecule has 1 aromatic rings. The standard InChI is InChI=1S/C11H13IN2O4/c1-7(11(15)16)13(2)6-8-3-9(12)5-10(4-8)14(17)18/h3-5,7H,6H2,1-2H3,(H,15,16). The number of nitro benzene ring substituents is 1. The van der Waals surface area contributed by atoms with E-state index in [1.165, 1.54) is 12.1 Å². The minimum absolute atomic E-state index is 0.0216. The first kappa shape index (κ1) is 14.8. The maximum atomic E-state index is 10.8. The Balaban J connectivity index is 2.91. The second-order valence-corrected chi connectivity index (χ2v) is 5.25. The van der Waals surface area contributed by atoms with Gasteiger partial charge in [0.1, 0.15) is 6.04 Å². The quantitative estimate of drug-likeness (QED) is 0.492. The molecule has 98 valence electrons. The first-order valence-corrected chi connectivity index (χ1v) is 6.26. The molecule has 6 nitrogen and oxygen atoms in total. The Hall–Kier alpha value is -1.22. The molecule has 7 heteroatoms. The molecule has 0 heterocycles. The van der Waals surface area contributed by atoms with Crippen molar-refractivity contribution in [3.05, 3.63) is 37.4 Å². The number of hydrogen-bond acceptors (Lipinski definition) is 4. The van der Waals surface area contributed by atoms with Crippen LogP contribution in [0.2, 0.25) is 0 Å². The number of carbonyl (C=O) groups is 1. The van der Waals surface area contributed by atoms with Crippen molar-refractivity contribution in [3.63, 3.8) is 0 Å². The van der Waals surface area contributed by atoms with Gasteiger partial charge in [0.15, 0.2) is 0 Å². The fraction of sp³-hybridized carbons (Fsp3) is 0.364. The number of nitro groups is 1. The van der Waals surface area contributed by atoms with Crippen molar-refractivity contribution in [2.45, 2.75) is 19.5 Å². The molecule has 0 bridgehead atoms. The maximum absolute atomic E-state index is 10.8. The summed E-state index contributed by atoms with van der Waals surface area (Å²) in [7, 11) is 1.67. The fourth-order valence-corrected chi connectivity index (χ4v) is 2.16. The Morgan fingerprint density at radius 2 is 2.17 bits per heavy atom. The molecule has 0 saturated carbocycles. The number of carboxylic acid groups (broad SMARTS) is 1. The van der Waals surface area contributed by atoms with E-state index in [-0.39, 0.29) is 5.69 Å². The van der Waals surface area contributed by atoms with Gasteiger partial charge < -0.3 is 5.11 Å². The molecule has 1 atom stereocenters. The average molecular weight is 364 g/mol. The molecule has 1 unspecified atom stereocenters. The van der Waals surface area contributed by atoms with E-state index in [4.69, 9.17) is 5.11 Å². The number of non-ortho nitro benzene ring substituents is 1. The molecule has 0 radical (unpaired) electrons. The molecule has 1 rings (SSSR count). The van der Waals surface area contributed by atoms with Crippen molar-refractivity contribution < 1.29 is 14.8 Å². The minimum atomic E-state index is -0.919. The Labute approximate surface area is 118 Å². The third kappa shape index (κ3) is 3.91. The maximum Gasteiger partial charge on any atom is 0.320 e. The molecule has 1 N–H and O–H groups in total. The third-order valence-corrected chi connectivity index (χ3v) is 3.23. The van der Waals surface area contributed by atoms with Gasteiger partial charge in [0.25, 0.3) is 5.69 Å². The van der Waals surface area contributed by atoms with Crippen molar-refractivity contribution in [1.29, 1.82) is 0 Å². The topological polar surface area (TPSA) is 83.7 Å². The van der Waals surface area contributed by atoms with E-state index in [1.54, 1.807) is 24.9 Å². The van der Waals surface area contributed by atoms with Crippen LogP contribution in [-0.4, -0.2) is 34.0 Å². The SMILES string of the molecule is CC(C(=O)O)N(C)Cc1cc(I)cc([N+](=O)[O-])c1. The Morgan fingerprint density at radius 3 is 2.67 bits per heavy atom. The number of aliphatic carboxylic acids is 1. The highest BCUT2D eigenvalue weighted by Gasteiger charge is 2.18. The lowest BCUT2D eigenvalue weighted by atomic mass is 10.1. The smallest absolute Gasteiger partial charge is 0.320 e. The van der Waals surface area contributed by atoms with Crippen molar-refractivity contribution in [2.24, 2.45) is 0 Å². The first-order chi connectivity index (χ1) is 8.31. The van der Waals surface area contributed by atoms with Crippen molar-refractivity contribution in [2.75, 3.05) is 7.05 Å². The fourth-order valence-electron chi connectivity index (χ4n) is 1.44. The number of rotatable bonds is 5. The van der Waals surface area contributed by atoms with Gasteiger partial charge in [0.05, 0.1) is 4.92 Å². The molecular formula is C11H13IN2O4. The predicted octanol–water partition coefficient (Wildman–Crippen LogP) is 2.10. The first-order valence-electron chi connectivity index (χ1n) is 5.18. The second-order valence-electron chi connectivity index (χ2n) is 4.00. The van der Waals surface area contributed by atoms with Crippen LogP contribution in [0.1, 0.15) is 12.5 Å². The summed E-state index contributed by atoms with van der Waals surface area (Å²) in [5.41, 5.74) is 0.748. The van der Waals surface area contributed by atoms with Crippen molar-refractivity contribution in [3.8, 4) is 0 Å². The van der Waals surface area contributed by atoms with Crippen LogP contribution in [0, 0.1) is 13.7 Å². The second kappa shape index (κ2) is 6.10. The number of halogens is 1. The lowest BCUT2D eigenvalue weighted by molar-refractivity contribution is -0.385. The molecule has 0 aliphatic rings. The molecule has 0 aromatic heterocycles. The predicted molar refractivity (Wildman–Crippen MR) is 74.4 cm³/mol. The summed E-state index contributed by atoms with van der Waals surface area (Å²) >= 11 is 2.00. The largest absolute Gasteiger partial charge is 0.480 e. The lowest BCUT2D eigenvalue weighted by Gasteiger charge is -2.21. The van der Waals surface area contributed by atoms with Gasteiger partial charge in [-0.25, -0.2) is 0 Å². The summed E-state index contributed by atoms with van der Waals surface area (Å²) < 4.78 is 0.758. The Morgan fingerprint density at radius 1 is 1.56 bits per heavy atom. The zero-order valence-corrected chi connectivity index (χ0v) is 12.1. The number of benzene rings is 1. The molecular weight excluding hydrogens is 351 g/mol. The zero-order chi connectivity index (χ0) is 13.9. The van der Waals surface area contributed by atoms with Crippen LogP contribution in [-0.2, 0) is 11.3 Å². The van der Waals surface area contributed by atoms with Crippen molar-refractivity contribution in [1.82, 2.24) is 4.90 Å². The van der Waals surface area contributed by atoms with E-state index in [2.05, 4.69) is 0 Å². The molecule has 0 spiro atoms. The van der Waals surface area contributed by atoms with Crippen LogP contribution in [0.3, 0.4) is 0 Å². The summed E-state index contributed by atoms with van der Waals surface area (Å²) in [5.74, 6) is -0.919. The monoisotopic (exact) mass is 364 g/mol. The molecule has 0 fully saturated rings. The number of carboxylic acids is 1. The van der Waals surface area contributed by atoms with Crippen LogP contribution in [0.4, 0.5) is 5.69 Å². The van der Waals surface area contributed by atoms with Gasteiger partial charge >= 0.3 is 5.97 Å². The van der Waals surface area contributed by atoms with Crippen LogP contribution >= 0.6 is 22.6 Å². The number of nitrogens with zero attached hydrogens (tertiary/aromatic N) is 2. The summed E-state index contributed by atoms with van der Waals surface area (Å²) in [6.07, 6.45) is 0. The summed E-state index contributed by atoms with van der Waals surface area (Å²) in [4.78, 5) is 22.7. The van der Waals surface area contributed by atoms with E-state index in [1.807, 2.05) is 22.6 Å². The van der Waals surface area contributed by atoms with Gasteiger partial charge in [-0.1, -0.05) is 0 Å². The molecule has 0 aliphatic heterocycles. The summed E-state index contributed by atoms with van der Waals surface area (Å²) in [6.45, 7) is 1.93. The summed E-state index contributed by atoms with van der Waals surface area (Å²) in [6, 6.07) is 4.11. The van der Waals surface area contributed by atoms with E-state index >= 15 is 0 Å². The van der Waals surface area contributed by atoms with Gasteiger partial charge in [0, 0.05) is 22.2 Å². The van der Waals surface area contributed by atoms with E-state index in [9.17, 15) is 14.9 Å². The van der Waals surface area contributed by atoms with Crippen LogP contribution in [0.25, 0.3) is 0 Å². The van der Waals surface area contributed by atoms with Crippen molar-refractivity contribution >= 4 is 34.2 Å². The average Bonchev–Trinajstić information content (AvgIpc) is 2.26. The normalized spacial score (nSPS) is 12.4. The molecule has 18 heavy (non-hydrogen) atoms. The molecule has 0 saturated heterocycles. The molecule has 0 amide bonds. The number of hydrogen-bond donors (Lipinski definition) is 1. The van der Waals surface area contributed by atoms with Gasteiger partial charge in [-0.05, 0) is 48.2 Å². The van der Waals surface area contributed by atoms with Gasteiger partial charge in [-0.2, -0.15) is 0 Å². The van der Waals surface area contributed by atoms with E-state index in [0.717, 1.165) is 9.13 Å². The zero-order valence-electron chi connectivity index (χ0n) is 9.96. The van der Waals surface area contributed by atoms with Gasteiger partial charge in [-0.15, -0.1) is 0 Å². The molecule has 1 aromatic carbocycles. The van der Waals surface area contributed by atoms with E-state index in [0.29, 0.717) is 6.54 Å². The number of likely N-dealkylation sites (N-methyl/N-ethyl adjacent to an activating group) is 1. The van der Waals surface area contributed by atoms with Crippen LogP contribution in [0.15, 0.2) is 18.2 Å². The highest BCUT2D eigenvalue weighted by atomic mass is 127. The van der Waals surface area contributed by atoms with Crippen LogP contribution < -0.4 is 0 Å². The third-order valence-electron chi connectivity index (χ3n) is 2.60. The highest BCUT2D eigenvalue weighted by Crippen LogP contribution is 2.20. The van der Waals surface area contributed by atoms with Gasteiger partial charge in [0.2, 0.25) is 0 Å². The summed E-state index contributed by atoms with van der Waals surface area (Å²) in [5, 5.41) is 19.6. The molecule has 0 aliphatic carbocycles. The van der Waals surface area contributed by atoms with Gasteiger partial charge in [-0.3, -0.25) is 19.8 Å². The lowest BCUT2D eigenvalue weighted by Crippen LogP contribution is -2.35. The highest BCUT2D eigenvalue weighted by molar-refractivity contribution is 14.1. The minimum Gasteiger partial charge on any atom is -0.480 e. The van der Waals surface area contributed by atoms with E-state index < -0.39 is 16.9 Å².